The molecule has 2 aromatic heterocycles. The third-order valence-corrected chi connectivity index (χ3v) is 3.73. The number of rotatable bonds is 4. The highest BCUT2D eigenvalue weighted by Gasteiger charge is 2.13. The monoisotopic (exact) mass is 322 g/mol. The summed E-state index contributed by atoms with van der Waals surface area (Å²) in [6.07, 6.45) is 3.09. The standard InChI is InChI=1S/C16H10N4O2S/c17-10-12(9-13-7-4-8-22-13)15-19-20-16(23-15)18-14(21)11-5-2-1-3-6-11/h1-9H,(H,18,20,21)/b12-9+. The maximum absolute atomic E-state index is 12.1. The lowest BCUT2D eigenvalue weighted by Crippen LogP contribution is -2.11. The van der Waals surface area contributed by atoms with Gasteiger partial charge in [-0.1, -0.05) is 29.5 Å². The van der Waals surface area contributed by atoms with Gasteiger partial charge in [-0.2, -0.15) is 5.26 Å². The van der Waals surface area contributed by atoms with Gasteiger partial charge in [0.05, 0.1) is 11.8 Å². The fourth-order valence-electron chi connectivity index (χ4n) is 1.80. The normalized spacial score (nSPS) is 11.0. The van der Waals surface area contributed by atoms with Crippen molar-refractivity contribution in [2.45, 2.75) is 0 Å². The van der Waals surface area contributed by atoms with Gasteiger partial charge in [0.25, 0.3) is 5.91 Å². The molecule has 0 unspecified atom stereocenters. The molecular weight excluding hydrogens is 312 g/mol. The number of anilines is 1. The molecule has 0 aliphatic heterocycles. The zero-order valence-electron chi connectivity index (χ0n) is 11.8. The molecule has 23 heavy (non-hydrogen) atoms. The number of furan rings is 1. The van der Waals surface area contributed by atoms with Crippen molar-refractivity contribution >= 4 is 34.0 Å². The van der Waals surface area contributed by atoms with E-state index in [9.17, 15) is 10.1 Å². The van der Waals surface area contributed by atoms with Crippen LogP contribution in [0.4, 0.5) is 5.13 Å². The van der Waals surface area contributed by atoms with Crippen LogP contribution in [0.5, 0.6) is 0 Å². The van der Waals surface area contributed by atoms with Crippen molar-refractivity contribution in [3.05, 3.63) is 65.1 Å². The van der Waals surface area contributed by atoms with Gasteiger partial charge >= 0.3 is 0 Å². The molecule has 0 aliphatic rings. The minimum absolute atomic E-state index is 0.276. The molecule has 1 amide bonds. The predicted molar refractivity (Wildman–Crippen MR) is 86.5 cm³/mol. The van der Waals surface area contributed by atoms with Crippen molar-refractivity contribution in [3.63, 3.8) is 0 Å². The number of nitrogens with one attached hydrogen (secondary N) is 1. The Hall–Kier alpha value is -3.24. The zero-order valence-corrected chi connectivity index (χ0v) is 12.6. The Bertz CT molecular complexity index is 876. The predicted octanol–water partition coefficient (Wildman–Crippen LogP) is 3.45. The molecule has 0 spiro atoms. The Morgan fingerprint density at radius 2 is 2.04 bits per heavy atom. The van der Waals surface area contributed by atoms with Gasteiger partial charge in [-0.05, 0) is 24.3 Å². The lowest BCUT2D eigenvalue weighted by atomic mass is 10.2. The molecule has 3 rings (SSSR count). The maximum Gasteiger partial charge on any atom is 0.257 e. The number of carbonyl (C=O) groups excluding carboxylic acids is 1. The van der Waals surface area contributed by atoms with E-state index in [2.05, 4.69) is 21.6 Å². The smallest absolute Gasteiger partial charge is 0.257 e. The number of allylic oxidation sites excluding steroid dienone is 1. The average Bonchev–Trinajstić information content (AvgIpc) is 3.25. The highest BCUT2D eigenvalue weighted by Crippen LogP contribution is 2.24. The van der Waals surface area contributed by atoms with E-state index in [1.54, 1.807) is 42.5 Å². The number of hydrogen-bond acceptors (Lipinski definition) is 6. The van der Waals surface area contributed by atoms with Crippen LogP contribution in [0, 0.1) is 11.3 Å². The summed E-state index contributed by atoms with van der Waals surface area (Å²) in [5, 5.41) is 20.5. The fourth-order valence-corrected chi connectivity index (χ4v) is 2.50. The first-order valence-corrected chi connectivity index (χ1v) is 7.43. The van der Waals surface area contributed by atoms with Crippen LogP contribution in [0.1, 0.15) is 21.1 Å². The Balaban J connectivity index is 1.78. The van der Waals surface area contributed by atoms with E-state index in [0.29, 0.717) is 27.0 Å². The number of aromatic nitrogens is 2. The van der Waals surface area contributed by atoms with Crippen molar-refractivity contribution in [1.29, 1.82) is 5.26 Å². The Morgan fingerprint density at radius 1 is 1.22 bits per heavy atom. The van der Waals surface area contributed by atoms with Crippen LogP contribution in [0.2, 0.25) is 0 Å². The molecule has 0 radical (unpaired) electrons. The highest BCUT2D eigenvalue weighted by atomic mass is 32.1. The summed E-state index contributed by atoms with van der Waals surface area (Å²) in [5.74, 6) is 0.272. The SMILES string of the molecule is N#C/C(=C\c1ccco1)c1nnc(NC(=O)c2ccccc2)s1. The largest absolute Gasteiger partial charge is 0.465 e. The second-order valence-corrected chi connectivity index (χ2v) is 5.40. The molecule has 0 bridgehead atoms. The number of nitrogens with zero attached hydrogens (tertiary/aromatic N) is 3. The minimum atomic E-state index is -0.276. The van der Waals surface area contributed by atoms with Crippen LogP contribution >= 0.6 is 11.3 Å². The van der Waals surface area contributed by atoms with Crippen molar-refractivity contribution < 1.29 is 9.21 Å². The Labute approximate surface area is 135 Å². The van der Waals surface area contributed by atoms with Crippen LogP contribution in [0.15, 0.2) is 53.1 Å². The summed E-state index contributed by atoms with van der Waals surface area (Å²) in [7, 11) is 0. The lowest BCUT2D eigenvalue weighted by Gasteiger charge is -1.99. The topological polar surface area (TPSA) is 91.8 Å². The second-order valence-electron chi connectivity index (χ2n) is 4.42. The van der Waals surface area contributed by atoms with E-state index in [1.807, 2.05) is 6.07 Å². The molecule has 1 N–H and O–H groups in total. The van der Waals surface area contributed by atoms with Crippen LogP contribution in [-0.2, 0) is 0 Å². The van der Waals surface area contributed by atoms with Gasteiger partial charge in [0, 0.05) is 11.6 Å². The number of nitriles is 1. The molecule has 1 aromatic carbocycles. The Morgan fingerprint density at radius 3 is 2.74 bits per heavy atom. The van der Waals surface area contributed by atoms with E-state index in [-0.39, 0.29) is 5.91 Å². The van der Waals surface area contributed by atoms with E-state index in [4.69, 9.17) is 4.42 Å². The summed E-state index contributed by atoms with van der Waals surface area (Å²) in [6, 6.07) is 14.3. The minimum Gasteiger partial charge on any atom is -0.465 e. The van der Waals surface area contributed by atoms with Crippen LogP contribution in [0.25, 0.3) is 11.6 Å². The first-order chi connectivity index (χ1) is 11.3. The quantitative estimate of drug-likeness (QED) is 0.743. The van der Waals surface area contributed by atoms with Crippen LogP contribution < -0.4 is 5.32 Å². The molecule has 3 aromatic rings. The van der Waals surface area contributed by atoms with Gasteiger partial charge in [-0.25, -0.2) is 0 Å². The number of amides is 1. The van der Waals surface area contributed by atoms with E-state index in [1.165, 1.54) is 6.26 Å². The molecule has 0 saturated heterocycles. The number of benzene rings is 1. The van der Waals surface area contributed by atoms with E-state index < -0.39 is 0 Å². The summed E-state index contributed by atoms with van der Waals surface area (Å²) in [4.78, 5) is 12.1. The van der Waals surface area contributed by atoms with E-state index >= 15 is 0 Å². The highest BCUT2D eigenvalue weighted by molar-refractivity contribution is 7.16. The van der Waals surface area contributed by atoms with Crippen molar-refractivity contribution in [3.8, 4) is 6.07 Å². The summed E-state index contributed by atoms with van der Waals surface area (Å²) in [5.41, 5.74) is 0.841. The molecule has 112 valence electrons. The first-order valence-electron chi connectivity index (χ1n) is 6.62. The second kappa shape index (κ2) is 6.68. The fraction of sp³-hybridized carbons (Fsp3) is 0. The molecule has 2 heterocycles. The van der Waals surface area contributed by atoms with Crippen molar-refractivity contribution in [2.75, 3.05) is 5.32 Å². The van der Waals surface area contributed by atoms with Gasteiger partial charge in [-0.15, -0.1) is 10.2 Å². The van der Waals surface area contributed by atoms with Gasteiger partial charge in [0.1, 0.15) is 11.8 Å². The van der Waals surface area contributed by atoms with Gasteiger partial charge < -0.3 is 4.42 Å². The molecule has 0 atom stereocenters. The summed E-state index contributed by atoms with van der Waals surface area (Å²) >= 11 is 1.12. The summed E-state index contributed by atoms with van der Waals surface area (Å²) < 4.78 is 5.18. The molecule has 7 heteroatoms. The first kappa shape index (κ1) is 14.7. The van der Waals surface area contributed by atoms with Gasteiger partial charge in [-0.3, -0.25) is 10.1 Å². The average molecular weight is 322 g/mol. The summed E-state index contributed by atoms with van der Waals surface area (Å²) in [6.45, 7) is 0. The van der Waals surface area contributed by atoms with E-state index in [0.717, 1.165) is 11.3 Å². The number of hydrogen-bond donors (Lipinski definition) is 1. The zero-order chi connectivity index (χ0) is 16.1. The molecule has 0 aliphatic carbocycles. The van der Waals surface area contributed by atoms with Crippen molar-refractivity contribution in [1.82, 2.24) is 10.2 Å². The van der Waals surface area contributed by atoms with Crippen molar-refractivity contribution in [2.24, 2.45) is 0 Å². The van der Waals surface area contributed by atoms with Gasteiger partial charge in [0.15, 0.2) is 5.01 Å². The third kappa shape index (κ3) is 3.51. The van der Waals surface area contributed by atoms with Crippen LogP contribution in [-0.4, -0.2) is 16.1 Å². The van der Waals surface area contributed by atoms with Crippen LogP contribution in [0.3, 0.4) is 0 Å². The molecule has 0 fully saturated rings. The Kier molecular flexibility index (Phi) is 4.27. The maximum atomic E-state index is 12.1. The molecule has 6 nitrogen and oxygen atoms in total. The lowest BCUT2D eigenvalue weighted by molar-refractivity contribution is 0.102. The number of carbonyl (C=O) groups is 1. The third-order valence-electron chi connectivity index (χ3n) is 2.86. The molecule has 0 saturated carbocycles. The molecular formula is C16H10N4O2S. The van der Waals surface area contributed by atoms with Gasteiger partial charge in [0.2, 0.25) is 5.13 Å².